The minimum absolute atomic E-state index is 0.0494. The second-order valence-electron chi connectivity index (χ2n) is 6.67. The molecule has 0 saturated heterocycles. The van der Waals surface area contributed by atoms with Crippen LogP contribution < -0.4 is 10.1 Å². The first-order valence-electron chi connectivity index (χ1n) is 9.27. The number of fused-ring (bicyclic) bond motifs is 1. The van der Waals surface area contributed by atoms with Crippen LogP contribution in [0.5, 0.6) is 5.75 Å². The van der Waals surface area contributed by atoms with Gasteiger partial charge in [0.1, 0.15) is 5.75 Å². The zero-order chi connectivity index (χ0) is 19.9. The number of rotatable bonds is 8. The molecule has 0 radical (unpaired) electrons. The van der Waals surface area contributed by atoms with Crippen molar-refractivity contribution in [2.24, 2.45) is 0 Å². The summed E-state index contributed by atoms with van der Waals surface area (Å²) in [6.07, 6.45) is 2.65. The Morgan fingerprint density at radius 2 is 1.86 bits per heavy atom. The minimum atomic E-state index is -0.176. The molecule has 1 heterocycles. The first-order chi connectivity index (χ1) is 13.6. The van der Waals surface area contributed by atoms with E-state index in [4.69, 9.17) is 4.74 Å². The first kappa shape index (κ1) is 19.5. The topological polar surface area (TPSA) is 74.4 Å². The normalized spacial score (nSPS) is 10.6. The number of nitrogens with one attached hydrogen (secondary N) is 2. The van der Waals surface area contributed by atoms with Crippen LogP contribution in [0.4, 0.5) is 0 Å². The van der Waals surface area contributed by atoms with E-state index in [0.717, 1.165) is 27.8 Å². The highest BCUT2D eigenvalue weighted by atomic mass is 16.5. The van der Waals surface area contributed by atoms with Crippen molar-refractivity contribution in [2.75, 3.05) is 20.2 Å². The van der Waals surface area contributed by atoms with Crippen LogP contribution in [0.25, 0.3) is 10.9 Å². The highest BCUT2D eigenvalue weighted by Gasteiger charge is 2.14. The van der Waals surface area contributed by atoms with Gasteiger partial charge in [-0.15, -0.1) is 0 Å². The van der Waals surface area contributed by atoms with E-state index in [2.05, 4.69) is 16.4 Å². The zero-order valence-electron chi connectivity index (χ0n) is 16.2. The first-order valence-corrected chi connectivity index (χ1v) is 9.27. The van der Waals surface area contributed by atoms with Crippen molar-refractivity contribution in [2.45, 2.75) is 19.9 Å². The van der Waals surface area contributed by atoms with E-state index in [1.165, 1.54) is 6.92 Å². The molecule has 0 aliphatic carbocycles. The van der Waals surface area contributed by atoms with E-state index in [9.17, 15) is 9.59 Å². The average molecular weight is 379 g/mol. The number of carbonyl (C=O) groups is 2. The van der Waals surface area contributed by atoms with Crippen molar-refractivity contribution in [3.63, 3.8) is 0 Å². The number of carbonyl (C=O) groups excluding carboxylic acids is 2. The van der Waals surface area contributed by atoms with Crippen LogP contribution in [-0.4, -0.2) is 41.9 Å². The Labute approximate surface area is 164 Å². The van der Waals surface area contributed by atoms with Crippen molar-refractivity contribution < 1.29 is 14.3 Å². The van der Waals surface area contributed by atoms with Gasteiger partial charge >= 0.3 is 0 Å². The molecule has 0 aliphatic rings. The summed E-state index contributed by atoms with van der Waals surface area (Å²) in [4.78, 5) is 29.1. The number of methoxy groups -OCH3 is 1. The molecule has 2 N–H and O–H groups in total. The lowest BCUT2D eigenvalue weighted by Gasteiger charge is -2.20. The van der Waals surface area contributed by atoms with Gasteiger partial charge in [0.05, 0.1) is 13.7 Å². The lowest BCUT2D eigenvalue weighted by Crippen LogP contribution is -2.40. The number of hydrogen-bond acceptors (Lipinski definition) is 3. The average Bonchev–Trinajstić information content (AvgIpc) is 3.13. The van der Waals surface area contributed by atoms with Crippen molar-refractivity contribution >= 4 is 22.7 Å². The number of aromatic amines is 1. The molecule has 6 nitrogen and oxygen atoms in total. The maximum Gasteiger partial charge on any atom is 0.239 e. The van der Waals surface area contributed by atoms with Crippen molar-refractivity contribution in [1.29, 1.82) is 0 Å². The van der Waals surface area contributed by atoms with Crippen LogP contribution in [0.3, 0.4) is 0 Å². The Hall–Kier alpha value is -3.28. The predicted octanol–water partition coefficient (Wildman–Crippen LogP) is 2.88. The van der Waals surface area contributed by atoms with Gasteiger partial charge in [0.25, 0.3) is 0 Å². The summed E-state index contributed by atoms with van der Waals surface area (Å²) in [5.41, 5.74) is 3.19. The van der Waals surface area contributed by atoms with Crippen LogP contribution in [-0.2, 0) is 22.6 Å². The van der Waals surface area contributed by atoms with Crippen LogP contribution in [0.15, 0.2) is 54.7 Å². The standard InChI is InChI=1S/C22H25N3O3/c1-16(26)25(12-11-18-14-23-21-6-4-3-5-20(18)21)15-22(27)24-13-17-7-9-19(28-2)10-8-17/h3-10,14,23H,11-13,15H2,1-2H3,(H,24,27). The summed E-state index contributed by atoms with van der Waals surface area (Å²) in [6, 6.07) is 15.6. The fraction of sp³-hybridized carbons (Fsp3) is 0.273. The molecule has 0 bridgehead atoms. The number of aromatic nitrogens is 1. The van der Waals surface area contributed by atoms with Crippen LogP contribution in [0, 0.1) is 0 Å². The van der Waals surface area contributed by atoms with Gasteiger partial charge in [0.2, 0.25) is 11.8 Å². The molecule has 0 unspecified atom stereocenters. The molecule has 0 atom stereocenters. The second-order valence-corrected chi connectivity index (χ2v) is 6.67. The van der Waals surface area contributed by atoms with Crippen molar-refractivity contribution in [3.8, 4) is 5.75 Å². The monoisotopic (exact) mass is 379 g/mol. The lowest BCUT2D eigenvalue weighted by molar-refractivity contribution is -0.134. The molecular formula is C22H25N3O3. The molecule has 146 valence electrons. The summed E-state index contributed by atoms with van der Waals surface area (Å²) in [5.74, 6) is 0.486. The molecule has 2 aromatic carbocycles. The number of nitrogens with zero attached hydrogens (tertiary/aromatic N) is 1. The van der Waals surface area contributed by atoms with Crippen LogP contribution >= 0.6 is 0 Å². The van der Waals surface area contributed by atoms with Gasteiger partial charge in [-0.3, -0.25) is 9.59 Å². The SMILES string of the molecule is COc1ccc(CNC(=O)CN(CCc2c[nH]c3ccccc23)C(C)=O)cc1. The Kier molecular flexibility index (Phi) is 6.32. The number of para-hydroxylation sites is 1. The third-order valence-electron chi connectivity index (χ3n) is 4.75. The zero-order valence-corrected chi connectivity index (χ0v) is 16.2. The molecule has 6 heteroatoms. The highest BCUT2D eigenvalue weighted by Crippen LogP contribution is 2.18. The number of H-pyrrole nitrogens is 1. The van der Waals surface area contributed by atoms with E-state index in [0.29, 0.717) is 19.5 Å². The van der Waals surface area contributed by atoms with Gasteiger partial charge in [0, 0.05) is 37.1 Å². The number of hydrogen-bond donors (Lipinski definition) is 2. The van der Waals surface area contributed by atoms with Gasteiger partial charge in [0.15, 0.2) is 0 Å². The van der Waals surface area contributed by atoms with Gasteiger partial charge in [-0.2, -0.15) is 0 Å². The molecule has 3 rings (SSSR count). The maximum atomic E-state index is 12.3. The number of amides is 2. The molecule has 0 aliphatic heterocycles. The van der Waals surface area contributed by atoms with Gasteiger partial charge < -0.3 is 19.9 Å². The Morgan fingerprint density at radius 1 is 1.11 bits per heavy atom. The van der Waals surface area contributed by atoms with Gasteiger partial charge in [-0.05, 0) is 35.7 Å². The van der Waals surface area contributed by atoms with Crippen LogP contribution in [0.2, 0.25) is 0 Å². The summed E-state index contributed by atoms with van der Waals surface area (Å²) >= 11 is 0. The number of ether oxygens (including phenoxy) is 1. The lowest BCUT2D eigenvalue weighted by atomic mass is 10.1. The largest absolute Gasteiger partial charge is 0.497 e. The number of benzene rings is 2. The van der Waals surface area contributed by atoms with E-state index in [1.54, 1.807) is 12.0 Å². The molecule has 2 amide bonds. The molecule has 0 fully saturated rings. The van der Waals surface area contributed by atoms with E-state index >= 15 is 0 Å². The minimum Gasteiger partial charge on any atom is -0.497 e. The predicted molar refractivity (Wildman–Crippen MR) is 109 cm³/mol. The summed E-state index contributed by atoms with van der Waals surface area (Å²) in [6.45, 7) is 2.45. The third kappa shape index (κ3) is 4.91. The summed E-state index contributed by atoms with van der Waals surface area (Å²) < 4.78 is 5.12. The van der Waals surface area contributed by atoms with Crippen LogP contribution in [0.1, 0.15) is 18.1 Å². The Morgan fingerprint density at radius 3 is 2.57 bits per heavy atom. The van der Waals surface area contributed by atoms with Gasteiger partial charge in [-0.1, -0.05) is 30.3 Å². The fourth-order valence-electron chi connectivity index (χ4n) is 3.11. The highest BCUT2D eigenvalue weighted by molar-refractivity contribution is 5.84. The van der Waals surface area contributed by atoms with Crippen molar-refractivity contribution in [3.05, 3.63) is 65.9 Å². The fourth-order valence-corrected chi connectivity index (χ4v) is 3.11. The molecule has 0 saturated carbocycles. The molecule has 0 spiro atoms. The molecule has 3 aromatic rings. The molecular weight excluding hydrogens is 354 g/mol. The van der Waals surface area contributed by atoms with Crippen molar-refractivity contribution in [1.82, 2.24) is 15.2 Å². The smallest absolute Gasteiger partial charge is 0.239 e. The third-order valence-corrected chi connectivity index (χ3v) is 4.75. The maximum absolute atomic E-state index is 12.3. The second kappa shape index (κ2) is 9.08. The van der Waals surface area contributed by atoms with E-state index in [1.807, 2.05) is 48.7 Å². The summed E-state index contributed by atoms with van der Waals surface area (Å²) in [5, 5.41) is 4.01. The molecule has 28 heavy (non-hydrogen) atoms. The van der Waals surface area contributed by atoms with E-state index < -0.39 is 0 Å². The Bertz CT molecular complexity index is 947. The quantitative estimate of drug-likeness (QED) is 0.632. The molecule has 1 aromatic heterocycles. The van der Waals surface area contributed by atoms with E-state index in [-0.39, 0.29) is 18.4 Å². The van der Waals surface area contributed by atoms with Gasteiger partial charge in [-0.25, -0.2) is 0 Å². The summed E-state index contributed by atoms with van der Waals surface area (Å²) in [7, 11) is 1.61. The Balaban J connectivity index is 1.53.